The van der Waals surface area contributed by atoms with Gasteiger partial charge in [0.15, 0.2) is 17.7 Å². The van der Waals surface area contributed by atoms with Crippen molar-refractivity contribution in [2.45, 2.75) is 62.6 Å². The zero-order chi connectivity index (χ0) is 24.5. The van der Waals surface area contributed by atoms with Crippen LogP contribution in [0.5, 0.6) is 0 Å². The number of hydrogen-bond donors (Lipinski definition) is 1. The Hall–Kier alpha value is -2.86. The van der Waals surface area contributed by atoms with Gasteiger partial charge >= 0.3 is 6.18 Å². The zero-order valence-corrected chi connectivity index (χ0v) is 18.5. The Morgan fingerprint density at radius 3 is 2.57 bits per heavy atom. The summed E-state index contributed by atoms with van der Waals surface area (Å²) in [6.07, 6.45) is 4.77. The van der Waals surface area contributed by atoms with Crippen molar-refractivity contribution in [2.75, 3.05) is 6.54 Å². The predicted molar refractivity (Wildman–Crippen MR) is 117 cm³/mol. The van der Waals surface area contributed by atoms with E-state index in [2.05, 4.69) is 15.1 Å². The summed E-state index contributed by atoms with van der Waals surface area (Å²) in [5.41, 5.74) is 0.484. The van der Waals surface area contributed by atoms with Gasteiger partial charge in [-0.2, -0.15) is 18.3 Å². The van der Waals surface area contributed by atoms with Crippen LogP contribution in [0, 0.1) is 17.6 Å². The highest BCUT2D eigenvalue weighted by atomic mass is 19.4. The van der Waals surface area contributed by atoms with Crippen molar-refractivity contribution < 1.29 is 27.1 Å². The minimum atomic E-state index is -4.53. The lowest BCUT2D eigenvalue weighted by atomic mass is 9.91. The maximum Gasteiger partial charge on any atom is 0.407 e. The van der Waals surface area contributed by atoms with Gasteiger partial charge in [-0.3, -0.25) is 19.3 Å². The number of nitrogens with zero attached hydrogens (tertiary/aromatic N) is 6. The number of aliphatic imine (C=N–C) groups is 1. The summed E-state index contributed by atoms with van der Waals surface area (Å²) >= 11 is 0. The van der Waals surface area contributed by atoms with Crippen LogP contribution in [0.3, 0.4) is 0 Å². The first-order valence-electron chi connectivity index (χ1n) is 11.7. The van der Waals surface area contributed by atoms with E-state index in [0.717, 1.165) is 47.7 Å². The fraction of sp³-hybridized carbons (Fsp3) is 0.522. The molecule has 0 saturated carbocycles. The number of aromatic nitrogens is 2. The molecule has 2 bridgehead atoms. The molecule has 0 spiro atoms. The molecule has 2 fully saturated rings. The molecule has 2 aromatic rings. The van der Waals surface area contributed by atoms with Crippen LogP contribution in [-0.2, 0) is 0 Å². The summed E-state index contributed by atoms with van der Waals surface area (Å²) in [6, 6.07) is 0.303. The molecular formula is C23H23F5N6O. The smallest absolute Gasteiger partial charge is 0.372 e. The van der Waals surface area contributed by atoms with E-state index in [1.54, 1.807) is 0 Å². The Bertz CT molecular complexity index is 1240. The van der Waals surface area contributed by atoms with E-state index >= 15 is 0 Å². The lowest BCUT2D eigenvalue weighted by molar-refractivity contribution is -0.148. The largest absolute Gasteiger partial charge is 0.407 e. The fourth-order valence-corrected chi connectivity index (χ4v) is 5.96. The van der Waals surface area contributed by atoms with Gasteiger partial charge in [0.05, 0.1) is 35.3 Å². The first-order valence-corrected chi connectivity index (χ1v) is 11.7. The third-order valence-corrected chi connectivity index (χ3v) is 7.42. The van der Waals surface area contributed by atoms with Crippen LogP contribution in [0.15, 0.2) is 40.3 Å². The Morgan fingerprint density at radius 2 is 1.86 bits per heavy atom. The Balaban J connectivity index is 1.36. The van der Waals surface area contributed by atoms with Crippen LogP contribution in [0.2, 0.25) is 0 Å². The van der Waals surface area contributed by atoms with Crippen LogP contribution in [0.25, 0.3) is 5.65 Å². The standard InChI is InChI=1S/C23H23F5N6O/c24-12-6-16(25)21-30-9-19(32(21)10-12)20-15-8-29-17(7-18(15)33(31-20)11-23(26,27)28)22(35)34-13-2-1-3-14(34)5-4-13/h6-10,13-15,18,22,35H,1-5,11H2. The third kappa shape index (κ3) is 3.83. The number of imidazole rings is 1. The number of aliphatic hydroxyl groups is 1. The maximum absolute atomic E-state index is 14.2. The number of rotatable bonds is 4. The van der Waals surface area contributed by atoms with Gasteiger partial charge in [-0.15, -0.1) is 0 Å². The van der Waals surface area contributed by atoms with Crippen molar-refractivity contribution in [3.63, 3.8) is 0 Å². The van der Waals surface area contributed by atoms with Crippen molar-refractivity contribution in [2.24, 2.45) is 16.0 Å². The number of piperidine rings is 1. The summed E-state index contributed by atoms with van der Waals surface area (Å²) in [7, 11) is 0. The van der Waals surface area contributed by atoms with Crippen molar-refractivity contribution in [3.8, 4) is 0 Å². The summed E-state index contributed by atoms with van der Waals surface area (Å²) in [5, 5.41) is 16.3. The quantitative estimate of drug-likeness (QED) is 0.661. The van der Waals surface area contributed by atoms with Crippen LogP contribution in [0.1, 0.15) is 37.8 Å². The van der Waals surface area contributed by atoms with Crippen LogP contribution >= 0.6 is 0 Å². The first kappa shape index (κ1) is 22.6. The summed E-state index contributed by atoms with van der Waals surface area (Å²) in [4.78, 5) is 10.4. The van der Waals surface area contributed by atoms with Crippen molar-refractivity contribution in [1.29, 1.82) is 0 Å². The predicted octanol–water partition coefficient (Wildman–Crippen LogP) is 3.48. The normalized spacial score (nSPS) is 29.5. The molecule has 6 heterocycles. The van der Waals surface area contributed by atoms with E-state index < -0.39 is 42.5 Å². The lowest BCUT2D eigenvalue weighted by Crippen LogP contribution is -2.48. The number of alkyl halides is 3. The van der Waals surface area contributed by atoms with Gasteiger partial charge in [0, 0.05) is 30.6 Å². The van der Waals surface area contributed by atoms with E-state index in [9.17, 15) is 27.1 Å². The average Bonchev–Trinajstić information content (AvgIpc) is 3.44. The van der Waals surface area contributed by atoms with Gasteiger partial charge < -0.3 is 5.11 Å². The van der Waals surface area contributed by atoms with Gasteiger partial charge in [-0.05, 0) is 31.8 Å². The third-order valence-electron chi connectivity index (χ3n) is 7.42. The van der Waals surface area contributed by atoms with Crippen LogP contribution in [-0.4, -0.2) is 73.4 Å². The van der Waals surface area contributed by atoms with Crippen molar-refractivity contribution >= 4 is 17.6 Å². The highest BCUT2D eigenvalue weighted by Crippen LogP contribution is 2.40. The van der Waals surface area contributed by atoms with E-state index in [4.69, 9.17) is 0 Å². The minimum Gasteiger partial charge on any atom is -0.372 e. The van der Waals surface area contributed by atoms with Gasteiger partial charge in [-0.1, -0.05) is 6.42 Å². The molecule has 6 rings (SSSR count). The maximum atomic E-state index is 14.2. The molecule has 2 saturated heterocycles. The van der Waals surface area contributed by atoms with Gasteiger partial charge in [0.25, 0.3) is 0 Å². The molecule has 5 atom stereocenters. The molecule has 0 radical (unpaired) electrons. The lowest BCUT2D eigenvalue weighted by Gasteiger charge is -2.39. The number of pyridine rings is 1. The molecular weight excluding hydrogens is 471 g/mol. The Kier molecular flexibility index (Phi) is 5.22. The minimum absolute atomic E-state index is 0.158. The number of hydrogen-bond acceptors (Lipinski definition) is 6. The van der Waals surface area contributed by atoms with Gasteiger partial charge in [0.1, 0.15) is 12.4 Å². The molecule has 0 aromatic carbocycles. The van der Waals surface area contributed by atoms with Crippen molar-refractivity contribution in [1.82, 2.24) is 19.3 Å². The molecule has 35 heavy (non-hydrogen) atoms. The van der Waals surface area contributed by atoms with Crippen LogP contribution in [0.4, 0.5) is 22.0 Å². The Morgan fingerprint density at radius 1 is 1.11 bits per heavy atom. The molecule has 12 heteroatoms. The molecule has 0 aliphatic carbocycles. The second-order valence-corrected chi connectivity index (χ2v) is 9.56. The second-order valence-electron chi connectivity index (χ2n) is 9.56. The van der Waals surface area contributed by atoms with Crippen LogP contribution < -0.4 is 0 Å². The first-order chi connectivity index (χ1) is 16.7. The zero-order valence-electron chi connectivity index (χ0n) is 18.5. The molecule has 4 aliphatic rings. The number of fused-ring (bicyclic) bond motifs is 4. The summed E-state index contributed by atoms with van der Waals surface area (Å²) < 4.78 is 69.5. The molecule has 1 N–H and O–H groups in total. The topological polar surface area (TPSA) is 68.7 Å². The molecule has 4 aliphatic heterocycles. The van der Waals surface area contributed by atoms with Gasteiger partial charge in [0.2, 0.25) is 0 Å². The second kappa shape index (κ2) is 8.09. The van der Waals surface area contributed by atoms with E-state index in [0.29, 0.717) is 11.8 Å². The van der Waals surface area contributed by atoms with E-state index in [1.165, 1.54) is 18.5 Å². The molecule has 2 aromatic heterocycles. The number of halogens is 5. The highest BCUT2D eigenvalue weighted by molar-refractivity contribution is 6.11. The number of aliphatic hydroxyl groups excluding tert-OH is 1. The summed E-state index contributed by atoms with van der Waals surface area (Å²) in [5.74, 6) is -2.45. The SMILES string of the molecule is OC(C1=CC2C(C=N1)C(c1cnc3c(F)cc(F)cn13)=NN2CC(F)(F)F)N1C2CCCC1CC2. The van der Waals surface area contributed by atoms with E-state index in [-0.39, 0.29) is 29.1 Å². The Labute approximate surface area is 197 Å². The summed E-state index contributed by atoms with van der Waals surface area (Å²) in [6.45, 7) is -1.32. The molecule has 5 unspecified atom stereocenters. The van der Waals surface area contributed by atoms with E-state index in [1.807, 2.05) is 4.90 Å². The average molecular weight is 494 g/mol. The molecule has 186 valence electrons. The van der Waals surface area contributed by atoms with Crippen molar-refractivity contribution in [3.05, 3.63) is 47.6 Å². The highest BCUT2D eigenvalue weighted by Gasteiger charge is 2.46. The number of hydrazone groups is 1. The monoisotopic (exact) mass is 494 g/mol. The van der Waals surface area contributed by atoms with Gasteiger partial charge in [-0.25, -0.2) is 13.8 Å². The molecule has 7 nitrogen and oxygen atoms in total. The fourth-order valence-electron chi connectivity index (χ4n) is 5.96. The molecule has 0 amide bonds.